The highest BCUT2D eigenvalue weighted by atomic mass is 19.1. The molecule has 4 aromatic heterocycles. The molecule has 1 saturated carbocycles. The summed E-state index contributed by atoms with van der Waals surface area (Å²) in [5.41, 5.74) is 4.15. The van der Waals surface area contributed by atoms with E-state index in [2.05, 4.69) is 15.3 Å². The molecular weight excluding hydrogens is 554 g/mol. The molecule has 7 rings (SSSR count). The van der Waals surface area contributed by atoms with E-state index in [-0.39, 0.29) is 23.1 Å². The molecule has 2 amide bonds. The summed E-state index contributed by atoms with van der Waals surface area (Å²) >= 11 is 0. The summed E-state index contributed by atoms with van der Waals surface area (Å²) in [4.78, 5) is 35.7. The minimum Gasteiger partial charge on any atom is -0.335 e. The highest BCUT2D eigenvalue weighted by Crippen LogP contribution is 2.36. The first-order valence-corrected chi connectivity index (χ1v) is 14.3. The molecule has 0 radical (unpaired) electrons. The zero-order valence-corrected chi connectivity index (χ0v) is 23.2. The number of anilines is 1. The number of halogens is 2. The normalized spacial score (nSPS) is 15.2. The molecule has 1 N–H and O–H groups in total. The third-order valence-corrected chi connectivity index (χ3v) is 8.19. The number of fused-ring (bicyclic) bond motifs is 2. The lowest BCUT2D eigenvalue weighted by Crippen LogP contribution is -2.39. The Hall–Kier alpha value is -5.00. The van der Waals surface area contributed by atoms with Crippen molar-refractivity contribution in [2.75, 3.05) is 11.9 Å². The lowest BCUT2D eigenvalue weighted by atomic mass is 10.0. The predicted molar refractivity (Wildman–Crippen MR) is 154 cm³/mol. The summed E-state index contributed by atoms with van der Waals surface area (Å²) in [5.74, 6) is -0.788. The van der Waals surface area contributed by atoms with Gasteiger partial charge in [-0.2, -0.15) is 14.6 Å². The summed E-state index contributed by atoms with van der Waals surface area (Å²) in [6.45, 7) is 1.50. The maximum atomic E-state index is 13.8. The van der Waals surface area contributed by atoms with Crippen LogP contribution in [0.25, 0.3) is 28.2 Å². The van der Waals surface area contributed by atoms with Crippen molar-refractivity contribution in [1.29, 1.82) is 0 Å². The lowest BCUT2D eigenvalue weighted by molar-refractivity contribution is -0.133. The molecule has 43 heavy (non-hydrogen) atoms. The zero-order chi connectivity index (χ0) is 29.5. The van der Waals surface area contributed by atoms with Crippen LogP contribution < -0.4 is 5.32 Å². The van der Waals surface area contributed by atoms with Crippen LogP contribution in [0.3, 0.4) is 0 Å². The molecule has 1 aromatic carbocycles. The number of amides is 2. The Morgan fingerprint density at radius 1 is 0.977 bits per heavy atom. The molecule has 10 nitrogen and oxygen atoms in total. The van der Waals surface area contributed by atoms with Crippen LogP contribution in [-0.4, -0.2) is 52.6 Å². The fourth-order valence-corrected chi connectivity index (χ4v) is 6.01. The molecular formula is C31H28F2N8O2. The molecule has 1 aliphatic heterocycles. The Balaban J connectivity index is 1.23. The average Bonchev–Trinajstić information content (AvgIpc) is 3.75. The van der Waals surface area contributed by atoms with Gasteiger partial charge < -0.3 is 10.2 Å². The number of hydrogen-bond acceptors (Lipinski definition) is 6. The number of nitrogens with zero attached hydrogens (tertiary/aromatic N) is 7. The van der Waals surface area contributed by atoms with Crippen molar-refractivity contribution in [3.63, 3.8) is 0 Å². The number of hydrogen-bond donors (Lipinski definition) is 1. The van der Waals surface area contributed by atoms with E-state index in [9.17, 15) is 18.4 Å². The highest BCUT2D eigenvalue weighted by molar-refractivity contribution is 6.03. The van der Waals surface area contributed by atoms with Gasteiger partial charge in [-0.1, -0.05) is 12.8 Å². The topological polar surface area (TPSA) is 110 Å². The van der Waals surface area contributed by atoms with Crippen molar-refractivity contribution in [2.24, 2.45) is 5.92 Å². The van der Waals surface area contributed by atoms with Crippen LogP contribution in [0, 0.1) is 17.7 Å². The largest absolute Gasteiger partial charge is 0.335 e. The Labute approximate surface area is 245 Å². The van der Waals surface area contributed by atoms with Crippen LogP contribution in [0.2, 0.25) is 0 Å². The first kappa shape index (κ1) is 26.9. The van der Waals surface area contributed by atoms with Gasteiger partial charge >= 0.3 is 0 Å². The standard InChI is InChI=1S/C31H28F2N8O2/c32-22-7-5-20(6-8-22)30-29(24-17-39(13-14-40(24)38-30)28(42)15-19-3-1-2-4-19)23-9-10-27-35-26(18-41(27)37-23)36-31(43)21-11-12-34-25(33)16-21/h5-12,16,18-19H,1-4,13-15,17H2,(H,36,43). The second-order valence-electron chi connectivity index (χ2n) is 11.0. The summed E-state index contributed by atoms with van der Waals surface area (Å²) in [7, 11) is 0. The monoisotopic (exact) mass is 582 g/mol. The summed E-state index contributed by atoms with van der Waals surface area (Å²) in [6.07, 6.45) is 7.93. The molecule has 0 spiro atoms. The summed E-state index contributed by atoms with van der Waals surface area (Å²) in [5, 5.41) is 12.4. The smallest absolute Gasteiger partial charge is 0.257 e. The van der Waals surface area contributed by atoms with Crippen molar-refractivity contribution >= 4 is 23.3 Å². The van der Waals surface area contributed by atoms with Gasteiger partial charge in [0, 0.05) is 36.4 Å². The maximum absolute atomic E-state index is 13.8. The number of carbonyl (C=O) groups is 2. The number of nitrogens with one attached hydrogen (secondary N) is 1. The van der Waals surface area contributed by atoms with Crippen LogP contribution in [0.15, 0.2) is 60.9 Å². The molecule has 0 atom stereocenters. The van der Waals surface area contributed by atoms with E-state index in [0.29, 0.717) is 49.0 Å². The molecule has 5 heterocycles. The van der Waals surface area contributed by atoms with Gasteiger partial charge in [0.25, 0.3) is 5.91 Å². The van der Waals surface area contributed by atoms with Gasteiger partial charge in [0.1, 0.15) is 11.5 Å². The van der Waals surface area contributed by atoms with Crippen molar-refractivity contribution in [2.45, 2.75) is 45.2 Å². The Bertz CT molecular complexity index is 1840. The van der Waals surface area contributed by atoms with E-state index < -0.39 is 11.9 Å². The number of rotatable bonds is 6. The molecule has 0 saturated heterocycles. The minimum absolute atomic E-state index is 0.112. The maximum Gasteiger partial charge on any atom is 0.257 e. The van der Waals surface area contributed by atoms with Gasteiger partial charge in [0.15, 0.2) is 11.5 Å². The van der Waals surface area contributed by atoms with Crippen LogP contribution in [0.1, 0.15) is 48.2 Å². The molecule has 2 aliphatic rings. The van der Waals surface area contributed by atoms with Gasteiger partial charge in [-0.05, 0) is 61.2 Å². The number of pyridine rings is 1. The van der Waals surface area contributed by atoms with Gasteiger partial charge in [0.2, 0.25) is 11.9 Å². The fraction of sp³-hybridized carbons (Fsp3) is 0.290. The molecule has 5 aromatic rings. The molecule has 1 fully saturated rings. The van der Waals surface area contributed by atoms with E-state index in [4.69, 9.17) is 10.2 Å². The number of benzene rings is 1. The quantitative estimate of drug-likeness (QED) is 0.279. The average molecular weight is 583 g/mol. The fourth-order valence-electron chi connectivity index (χ4n) is 6.01. The predicted octanol–water partition coefficient (Wildman–Crippen LogP) is 5.11. The van der Waals surface area contributed by atoms with Gasteiger partial charge in [-0.3, -0.25) is 14.3 Å². The number of aromatic nitrogens is 6. The highest BCUT2D eigenvalue weighted by Gasteiger charge is 2.30. The van der Waals surface area contributed by atoms with Crippen molar-refractivity contribution in [1.82, 2.24) is 34.3 Å². The summed E-state index contributed by atoms with van der Waals surface area (Å²) < 4.78 is 30.8. The molecule has 12 heteroatoms. The van der Waals surface area contributed by atoms with Crippen LogP contribution >= 0.6 is 0 Å². The first-order chi connectivity index (χ1) is 20.9. The van der Waals surface area contributed by atoms with E-state index in [1.54, 1.807) is 28.9 Å². The minimum atomic E-state index is -0.755. The van der Waals surface area contributed by atoms with Gasteiger partial charge in [-0.15, -0.1) is 0 Å². The van der Waals surface area contributed by atoms with Crippen molar-refractivity contribution < 1.29 is 18.4 Å². The molecule has 218 valence electrons. The van der Waals surface area contributed by atoms with Crippen molar-refractivity contribution in [3.05, 3.63) is 83.9 Å². The van der Waals surface area contributed by atoms with Crippen LogP contribution in [-0.2, 0) is 17.9 Å². The SMILES string of the molecule is O=C(Nc1cn2nc(-c3c(-c4ccc(F)cc4)nn4c3CN(C(=O)CC3CCCC3)CC4)ccc2n1)c1ccnc(F)c1. The van der Waals surface area contributed by atoms with Gasteiger partial charge in [-0.25, -0.2) is 18.9 Å². The van der Waals surface area contributed by atoms with Crippen molar-refractivity contribution in [3.8, 4) is 22.5 Å². The first-order valence-electron chi connectivity index (χ1n) is 14.3. The third-order valence-electron chi connectivity index (χ3n) is 8.19. The van der Waals surface area contributed by atoms with Gasteiger partial charge in [0.05, 0.1) is 36.2 Å². The molecule has 0 unspecified atom stereocenters. The molecule has 0 bridgehead atoms. The second kappa shape index (κ2) is 11.0. The van der Waals surface area contributed by atoms with E-state index in [1.165, 1.54) is 37.2 Å². The second-order valence-corrected chi connectivity index (χ2v) is 11.0. The Kier molecular flexibility index (Phi) is 6.88. The Morgan fingerprint density at radius 2 is 1.79 bits per heavy atom. The number of carbonyl (C=O) groups excluding carboxylic acids is 2. The van der Waals surface area contributed by atoms with Crippen LogP contribution in [0.5, 0.6) is 0 Å². The third kappa shape index (κ3) is 5.36. The number of imidazole rings is 1. The van der Waals surface area contributed by atoms with E-state index in [0.717, 1.165) is 35.7 Å². The zero-order valence-electron chi connectivity index (χ0n) is 23.2. The van der Waals surface area contributed by atoms with E-state index in [1.807, 2.05) is 15.6 Å². The van der Waals surface area contributed by atoms with Crippen LogP contribution in [0.4, 0.5) is 14.6 Å². The lowest BCUT2D eigenvalue weighted by Gasteiger charge is -2.29. The van der Waals surface area contributed by atoms with E-state index >= 15 is 0 Å². The Morgan fingerprint density at radius 3 is 2.58 bits per heavy atom. The molecule has 1 aliphatic carbocycles. The summed E-state index contributed by atoms with van der Waals surface area (Å²) in [6, 6.07) is 12.2.